The number of hydrogen-bond acceptors (Lipinski definition) is 3. The Labute approximate surface area is 135 Å². The first-order chi connectivity index (χ1) is 11.2. The highest BCUT2D eigenvalue weighted by atomic mass is 16.5. The minimum atomic E-state index is -0.240. The Bertz CT molecular complexity index is 734. The number of amides is 1. The van der Waals surface area contributed by atoms with Crippen LogP contribution in [-0.2, 0) is 16.1 Å². The zero-order chi connectivity index (χ0) is 16.2. The predicted octanol–water partition coefficient (Wildman–Crippen LogP) is 1.75. The van der Waals surface area contributed by atoms with Gasteiger partial charge in [-0.1, -0.05) is 19.1 Å². The van der Waals surface area contributed by atoms with Crippen molar-refractivity contribution in [2.24, 2.45) is 0 Å². The van der Waals surface area contributed by atoms with E-state index in [-0.39, 0.29) is 24.2 Å². The van der Waals surface area contributed by atoms with Crippen LogP contribution < -0.4 is 5.69 Å². The number of fused-ring (bicyclic) bond motifs is 1. The van der Waals surface area contributed by atoms with Gasteiger partial charge in [0.2, 0.25) is 5.91 Å². The number of para-hydroxylation sites is 2. The summed E-state index contributed by atoms with van der Waals surface area (Å²) in [6, 6.07) is 7.42. The molecule has 6 heteroatoms. The summed E-state index contributed by atoms with van der Waals surface area (Å²) in [6.07, 6.45) is 3.04. The first-order valence-electron chi connectivity index (χ1n) is 8.26. The van der Waals surface area contributed by atoms with Crippen molar-refractivity contribution in [1.29, 1.82) is 0 Å². The lowest BCUT2D eigenvalue weighted by molar-refractivity contribution is -0.136. The molecule has 2 heterocycles. The Kier molecular flexibility index (Phi) is 4.81. The van der Waals surface area contributed by atoms with E-state index in [1.54, 1.807) is 0 Å². The number of rotatable bonds is 5. The van der Waals surface area contributed by atoms with Crippen LogP contribution in [0.5, 0.6) is 0 Å². The van der Waals surface area contributed by atoms with Crippen LogP contribution in [0, 0.1) is 0 Å². The molecule has 0 bridgehead atoms. The van der Waals surface area contributed by atoms with Crippen LogP contribution in [0.25, 0.3) is 11.0 Å². The van der Waals surface area contributed by atoms with E-state index >= 15 is 0 Å². The van der Waals surface area contributed by atoms with Crippen molar-refractivity contribution in [2.75, 3.05) is 19.7 Å². The summed E-state index contributed by atoms with van der Waals surface area (Å²) in [5.74, 6) is -0.0262. The number of carbonyl (C=O) groups is 1. The SMILES string of the molecule is CCCO[C@@H]1CCCN(C(=O)Cn2c(=O)[nH]c3ccccc32)C1. The maximum Gasteiger partial charge on any atom is 0.326 e. The average Bonchev–Trinajstić information content (AvgIpc) is 2.89. The van der Waals surface area contributed by atoms with Gasteiger partial charge in [-0.05, 0) is 31.4 Å². The highest BCUT2D eigenvalue weighted by molar-refractivity contribution is 5.80. The van der Waals surface area contributed by atoms with E-state index in [1.807, 2.05) is 29.2 Å². The number of nitrogens with one attached hydrogen (secondary N) is 1. The zero-order valence-electron chi connectivity index (χ0n) is 13.5. The number of likely N-dealkylation sites (tertiary alicyclic amines) is 1. The molecule has 0 unspecified atom stereocenters. The minimum absolute atomic E-state index is 0.0262. The first kappa shape index (κ1) is 15.8. The minimum Gasteiger partial charge on any atom is -0.376 e. The Morgan fingerprint density at radius 3 is 3.04 bits per heavy atom. The smallest absolute Gasteiger partial charge is 0.326 e. The van der Waals surface area contributed by atoms with Crippen molar-refractivity contribution in [1.82, 2.24) is 14.5 Å². The molecule has 1 fully saturated rings. The predicted molar refractivity (Wildman–Crippen MR) is 88.4 cm³/mol. The van der Waals surface area contributed by atoms with Crippen LogP contribution in [-0.4, -0.2) is 46.2 Å². The van der Waals surface area contributed by atoms with Gasteiger partial charge in [0.05, 0.1) is 17.1 Å². The molecule has 2 aromatic rings. The van der Waals surface area contributed by atoms with Gasteiger partial charge in [0, 0.05) is 19.7 Å². The van der Waals surface area contributed by atoms with Crippen LogP contribution >= 0.6 is 0 Å². The molecule has 1 aliphatic rings. The third kappa shape index (κ3) is 3.47. The summed E-state index contributed by atoms with van der Waals surface area (Å²) in [5, 5.41) is 0. The van der Waals surface area contributed by atoms with E-state index in [4.69, 9.17) is 4.74 Å². The number of aromatic amines is 1. The summed E-state index contributed by atoms with van der Waals surface area (Å²) < 4.78 is 7.28. The van der Waals surface area contributed by atoms with Gasteiger partial charge in [-0.2, -0.15) is 0 Å². The third-order valence-corrected chi connectivity index (χ3v) is 4.26. The second-order valence-corrected chi connectivity index (χ2v) is 6.01. The summed E-state index contributed by atoms with van der Waals surface area (Å²) >= 11 is 0. The molecule has 0 saturated carbocycles. The van der Waals surface area contributed by atoms with E-state index < -0.39 is 0 Å². The maximum absolute atomic E-state index is 12.6. The first-order valence-corrected chi connectivity index (χ1v) is 8.26. The molecule has 0 spiro atoms. The fourth-order valence-corrected chi connectivity index (χ4v) is 3.08. The highest BCUT2D eigenvalue weighted by Crippen LogP contribution is 2.15. The van der Waals surface area contributed by atoms with Crippen molar-refractivity contribution >= 4 is 16.9 Å². The van der Waals surface area contributed by atoms with E-state index in [9.17, 15) is 9.59 Å². The number of H-pyrrole nitrogens is 1. The summed E-state index contributed by atoms with van der Waals surface area (Å²) in [6.45, 7) is 4.24. The van der Waals surface area contributed by atoms with Crippen LogP contribution in [0.2, 0.25) is 0 Å². The lowest BCUT2D eigenvalue weighted by atomic mass is 10.1. The van der Waals surface area contributed by atoms with Gasteiger partial charge >= 0.3 is 5.69 Å². The Morgan fingerprint density at radius 2 is 2.22 bits per heavy atom. The monoisotopic (exact) mass is 317 g/mol. The van der Waals surface area contributed by atoms with E-state index in [0.717, 1.165) is 43.4 Å². The topological polar surface area (TPSA) is 67.3 Å². The van der Waals surface area contributed by atoms with Crippen molar-refractivity contribution in [3.05, 3.63) is 34.7 Å². The number of carbonyl (C=O) groups excluding carboxylic acids is 1. The van der Waals surface area contributed by atoms with Crippen LogP contribution in [0.15, 0.2) is 29.1 Å². The zero-order valence-corrected chi connectivity index (χ0v) is 13.5. The van der Waals surface area contributed by atoms with Gasteiger partial charge in [-0.15, -0.1) is 0 Å². The fraction of sp³-hybridized carbons (Fsp3) is 0.529. The van der Waals surface area contributed by atoms with Crippen molar-refractivity contribution < 1.29 is 9.53 Å². The number of ether oxygens (including phenoxy) is 1. The molecule has 1 atom stereocenters. The molecule has 1 aromatic carbocycles. The second kappa shape index (κ2) is 7.00. The van der Waals surface area contributed by atoms with E-state index in [2.05, 4.69) is 11.9 Å². The normalized spacial score (nSPS) is 18.5. The van der Waals surface area contributed by atoms with Gasteiger partial charge in [0.1, 0.15) is 6.54 Å². The van der Waals surface area contributed by atoms with Gasteiger partial charge < -0.3 is 14.6 Å². The largest absolute Gasteiger partial charge is 0.376 e. The molecular weight excluding hydrogens is 294 g/mol. The lowest BCUT2D eigenvalue weighted by Gasteiger charge is -2.32. The third-order valence-electron chi connectivity index (χ3n) is 4.26. The molecule has 23 heavy (non-hydrogen) atoms. The molecule has 1 N–H and O–H groups in total. The van der Waals surface area contributed by atoms with Crippen molar-refractivity contribution in [3.63, 3.8) is 0 Å². The van der Waals surface area contributed by atoms with Gasteiger partial charge in [-0.3, -0.25) is 9.36 Å². The fourth-order valence-electron chi connectivity index (χ4n) is 3.08. The molecule has 0 radical (unpaired) electrons. The van der Waals surface area contributed by atoms with Gasteiger partial charge in [-0.25, -0.2) is 4.79 Å². The summed E-state index contributed by atoms with van der Waals surface area (Å²) in [5.41, 5.74) is 1.28. The standard InChI is InChI=1S/C17H23N3O3/c1-2-10-23-13-6-5-9-19(11-13)16(21)12-20-15-8-4-3-7-14(15)18-17(20)22/h3-4,7-8,13H,2,5-6,9-12H2,1H3,(H,18,22)/t13-/m1/s1. The summed E-state index contributed by atoms with van der Waals surface area (Å²) in [4.78, 5) is 29.3. The number of aromatic nitrogens is 2. The molecule has 1 aromatic heterocycles. The molecule has 124 valence electrons. The highest BCUT2D eigenvalue weighted by Gasteiger charge is 2.24. The maximum atomic E-state index is 12.6. The van der Waals surface area contributed by atoms with Crippen molar-refractivity contribution in [3.8, 4) is 0 Å². The number of piperidine rings is 1. The molecule has 1 amide bonds. The summed E-state index contributed by atoms with van der Waals surface area (Å²) in [7, 11) is 0. The molecular formula is C17H23N3O3. The number of benzene rings is 1. The Morgan fingerprint density at radius 1 is 1.39 bits per heavy atom. The van der Waals surface area contributed by atoms with Crippen LogP contribution in [0.4, 0.5) is 0 Å². The molecule has 0 aliphatic carbocycles. The second-order valence-electron chi connectivity index (χ2n) is 6.01. The quantitative estimate of drug-likeness (QED) is 0.913. The molecule has 6 nitrogen and oxygen atoms in total. The van der Waals surface area contributed by atoms with Crippen LogP contribution in [0.3, 0.4) is 0 Å². The lowest BCUT2D eigenvalue weighted by Crippen LogP contribution is -2.45. The molecule has 1 saturated heterocycles. The van der Waals surface area contributed by atoms with Gasteiger partial charge in [0.25, 0.3) is 0 Å². The number of imidazole rings is 1. The van der Waals surface area contributed by atoms with Crippen LogP contribution in [0.1, 0.15) is 26.2 Å². The Balaban J connectivity index is 1.70. The molecule has 1 aliphatic heterocycles. The average molecular weight is 317 g/mol. The van der Waals surface area contributed by atoms with Gasteiger partial charge in [0.15, 0.2) is 0 Å². The van der Waals surface area contributed by atoms with Crippen molar-refractivity contribution in [2.45, 2.75) is 38.8 Å². The number of hydrogen-bond donors (Lipinski definition) is 1. The van der Waals surface area contributed by atoms with E-state index in [0.29, 0.717) is 6.54 Å². The number of nitrogens with zero attached hydrogens (tertiary/aromatic N) is 2. The Hall–Kier alpha value is -2.08. The van der Waals surface area contributed by atoms with E-state index in [1.165, 1.54) is 4.57 Å². The molecule has 3 rings (SSSR count).